The van der Waals surface area contributed by atoms with Gasteiger partial charge < -0.3 is 15.3 Å². The van der Waals surface area contributed by atoms with Crippen molar-refractivity contribution >= 4 is 6.03 Å². The molecule has 2 amide bonds. The van der Waals surface area contributed by atoms with Crippen molar-refractivity contribution in [2.24, 2.45) is 11.8 Å². The summed E-state index contributed by atoms with van der Waals surface area (Å²) >= 11 is 0. The van der Waals surface area contributed by atoms with Crippen LogP contribution in [0, 0.1) is 11.8 Å². The van der Waals surface area contributed by atoms with E-state index in [1.165, 1.54) is 6.42 Å². The number of likely N-dealkylation sites (tertiary alicyclic amines) is 1. The van der Waals surface area contributed by atoms with Crippen molar-refractivity contribution in [1.29, 1.82) is 0 Å². The van der Waals surface area contributed by atoms with Crippen molar-refractivity contribution < 1.29 is 9.90 Å². The number of piperidine rings is 1. The highest BCUT2D eigenvalue weighted by atomic mass is 16.3. The molecule has 1 heterocycles. The summed E-state index contributed by atoms with van der Waals surface area (Å²) in [6, 6.07) is 0.0553. The van der Waals surface area contributed by atoms with Crippen molar-refractivity contribution in [3.63, 3.8) is 0 Å². The molecule has 2 N–H and O–H groups in total. The van der Waals surface area contributed by atoms with Gasteiger partial charge in [-0.15, -0.1) is 0 Å². The first-order valence-electron chi connectivity index (χ1n) is 7.37. The summed E-state index contributed by atoms with van der Waals surface area (Å²) in [7, 11) is 0. The predicted molar refractivity (Wildman–Crippen MR) is 71.3 cm³/mol. The van der Waals surface area contributed by atoms with Gasteiger partial charge in [-0.1, -0.05) is 19.8 Å². The maximum absolute atomic E-state index is 12.0. The molecule has 0 spiro atoms. The third kappa shape index (κ3) is 3.61. The molecule has 1 saturated carbocycles. The van der Waals surface area contributed by atoms with E-state index in [4.69, 9.17) is 0 Å². The van der Waals surface area contributed by atoms with Crippen LogP contribution in [0.1, 0.15) is 45.4 Å². The SMILES string of the molecule is CC1CCN(C(=O)NCC2CCCCC2O)CC1. The van der Waals surface area contributed by atoms with Crippen LogP contribution in [0.5, 0.6) is 0 Å². The Balaban J connectivity index is 1.70. The van der Waals surface area contributed by atoms with Crippen molar-refractivity contribution in [2.45, 2.75) is 51.6 Å². The normalized spacial score (nSPS) is 30.2. The number of rotatable bonds is 2. The summed E-state index contributed by atoms with van der Waals surface area (Å²) in [5, 5.41) is 12.9. The van der Waals surface area contributed by atoms with Crippen molar-refractivity contribution in [3.05, 3.63) is 0 Å². The predicted octanol–water partition coefficient (Wildman–Crippen LogP) is 1.98. The molecular formula is C14H26N2O2. The molecule has 2 aliphatic rings. The van der Waals surface area contributed by atoms with Crippen LogP contribution < -0.4 is 5.32 Å². The number of carbonyl (C=O) groups is 1. The fraction of sp³-hybridized carbons (Fsp3) is 0.929. The highest BCUT2D eigenvalue weighted by Crippen LogP contribution is 2.23. The van der Waals surface area contributed by atoms with Crippen molar-refractivity contribution in [2.75, 3.05) is 19.6 Å². The van der Waals surface area contributed by atoms with Crippen LogP contribution in [0.4, 0.5) is 4.79 Å². The Bertz CT molecular complexity index is 275. The van der Waals surface area contributed by atoms with Crippen LogP contribution in [-0.2, 0) is 0 Å². The van der Waals surface area contributed by atoms with Gasteiger partial charge in [0.2, 0.25) is 0 Å². The summed E-state index contributed by atoms with van der Waals surface area (Å²) in [5.41, 5.74) is 0. The molecule has 2 rings (SSSR count). The Morgan fingerprint density at radius 2 is 1.89 bits per heavy atom. The lowest BCUT2D eigenvalue weighted by Crippen LogP contribution is -2.46. The van der Waals surface area contributed by atoms with Gasteiger partial charge in [-0.05, 0) is 31.6 Å². The van der Waals surface area contributed by atoms with E-state index in [-0.39, 0.29) is 18.1 Å². The van der Waals surface area contributed by atoms with Crippen molar-refractivity contribution in [3.8, 4) is 0 Å². The van der Waals surface area contributed by atoms with Gasteiger partial charge in [-0.25, -0.2) is 4.79 Å². The minimum atomic E-state index is -0.222. The van der Waals surface area contributed by atoms with Crippen LogP contribution in [0.15, 0.2) is 0 Å². The van der Waals surface area contributed by atoms with Crippen LogP contribution in [0.3, 0.4) is 0 Å². The fourth-order valence-electron chi connectivity index (χ4n) is 2.97. The Kier molecular flexibility index (Phi) is 4.87. The van der Waals surface area contributed by atoms with E-state index in [1.807, 2.05) is 4.90 Å². The Hall–Kier alpha value is -0.770. The largest absolute Gasteiger partial charge is 0.393 e. The molecule has 2 unspecified atom stereocenters. The number of hydrogen-bond acceptors (Lipinski definition) is 2. The lowest BCUT2D eigenvalue weighted by atomic mass is 9.86. The van der Waals surface area contributed by atoms with E-state index in [9.17, 15) is 9.90 Å². The van der Waals surface area contributed by atoms with E-state index in [0.717, 1.165) is 51.1 Å². The number of aliphatic hydroxyl groups excluding tert-OH is 1. The molecule has 0 radical (unpaired) electrons. The van der Waals surface area contributed by atoms with Gasteiger partial charge in [-0.3, -0.25) is 0 Å². The summed E-state index contributed by atoms with van der Waals surface area (Å²) in [4.78, 5) is 13.9. The third-order valence-corrected chi connectivity index (χ3v) is 4.46. The highest BCUT2D eigenvalue weighted by molar-refractivity contribution is 5.74. The molecule has 2 atom stereocenters. The fourth-order valence-corrected chi connectivity index (χ4v) is 2.97. The molecular weight excluding hydrogens is 228 g/mol. The van der Waals surface area contributed by atoms with Crippen molar-refractivity contribution in [1.82, 2.24) is 10.2 Å². The second-order valence-electron chi connectivity index (χ2n) is 5.97. The summed E-state index contributed by atoms with van der Waals surface area (Å²) < 4.78 is 0. The van der Waals surface area contributed by atoms with Gasteiger partial charge in [-0.2, -0.15) is 0 Å². The van der Waals surface area contributed by atoms with E-state index < -0.39 is 0 Å². The third-order valence-electron chi connectivity index (χ3n) is 4.46. The maximum Gasteiger partial charge on any atom is 0.317 e. The molecule has 104 valence electrons. The first-order valence-corrected chi connectivity index (χ1v) is 7.37. The number of nitrogens with zero attached hydrogens (tertiary/aromatic N) is 1. The summed E-state index contributed by atoms with van der Waals surface area (Å²) in [5.74, 6) is 1.00. The number of aliphatic hydroxyl groups is 1. The highest BCUT2D eigenvalue weighted by Gasteiger charge is 2.25. The quantitative estimate of drug-likeness (QED) is 0.791. The second-order valence-corrected chi connectivity index (χ2v) is 5.97. The Morgan fingerprint density at radius 1 is 1.22 bits per heavy atom. The number of hydrogen-bond donors (Lipinski definition) is 2. The van der Waals surface area contributed by atoms with Gasteiger partial charge >= 0.3 is 6.03 Å². The Labute approximate surface area is 110 Å². The first-order chi connectivity index (χ1) is 8.66. The van der Waals surface area contributed by atoms with Gasteiger partial charge in [0, 0.05) is 25.6 Å². The van der Waals surface area contributed by atoms with Gasteiger partial charge in [0.1, 0.15) is 0 Å². The minimum Gasteiger partial charge on any atom is -0.393 e. The molecule has 2 fully saturated rings. The lowest BCUT2D eigenvalue weighted by molar-refractivity contribution is 0.0695. The molecule has 4 nitrogen and oxygen atoms in total. The number of urea groups is 1. The van der Waals surface area contributed by atoms with Crippen LogP contribution >= 0.6 is 0 Å². The standard InChI is InChI=1S/C14H26N2O2/c1-11-6-8-16(9-7-11)14(18)15-10-12-4-2-3-5-13(12)17/h11-13,17H,2-10H2,1H3,(H,15,18). The van der Waals surface area contributed by atoms with E-state index in [1.54, 1.807) is 0 Å². The molecule has 4 heteroatoms. The lowest BCUT2D eigenvalue weighted by Gasteiger charge is -2.32. The minimum absolute atomic E-state index is 0.0553. The van der Waals surface area contributed by atoms with Gasteiger partial charge in [0.05, 0.1) is 6.10 Å². The molecule has 1 saturated heterocycles. The Morgan fingerprint density at radius 3 is 2.56 bits per heavy atom. The van der Waals surface area contributed by atoms with Gasteiger partial charge in [0.15, 0.2) is 0 Å². The zero-order valence-corrected chi connectivity index (χ0v) is 11.4. The monoisotopic (exact) mass is 254 g/mol. The average molecular weight is 254 g/mol. The second kappa shape index (κ2) is 6.41. The average Bonchev–Trinajstić information content (AvgIpc) is 2.38. The molecule has 1 aliphatic heterocycles. The topological polar surface area (TPSA) is 52.6 Å². The number of nitrogens with one attached hydrogen (secondary N) is 1. The molecule has 0 aromatic heterocycles. The molecule has 0 aromatic rings. The summed E-state index contributed by atoms with van der Waals surface area (Å²) in [6.45, 7) is 4.63. The van der Waals surface area contributed by atoms with E-state index >= 15 is 0 Å². The molecule has 1 aliphatic carbocycles. The molecule has 0 aromatic carbocycles. The van der Waals surface area contributed by atoms with E-state index in [0.29, 0.717) is 6.54 Å². The molecule has 0 bridgehead atoms. The van der Waals surface area contributed by atoms with Crippen LogP contribution in [0.25, 0.3) is 0 Å². The summed E-state index contributed by atoms with van der Waals surface area (Å²) in [6.07, 6.45) is 6.23. The zero-order valence-electron chi connectivity index (χ0n) is 11.4. The smallest absolute Gasteiger partial charge is 0.317 e. The van der Waals surface area contributed by atoms with E-state index in [2.05, 4.69) is 12.2 Å². The van der Waals surface area contributed by atoms with Crippen LogP contribution in [-0.4, -0.2) is 41.8 Å². The molecule has 18 heavy (non-hydrogen) atoms. The van der Waals surface area contributed by atoms with Crippen LogP contribution in [0.2, 0.25) is 0 Å². The maximum atomic E-state index is 12.0. The first kappa shape index (κ1) is 13.7. The number of amides is 2. The number of carbonyl (C=O) groups excluding carboxylic acids is 1. The van der Waals surface area contributed by atoms with Gasteiger partial charge in [0.25, 0.3) is 0 Å². The zero-order chi connectivity index (χ0) is 13.0.